The first kappa shape index (κ1) is 16.0. The highest BCUT2D eigenvalue weighted by atomic mass is 32.1. The molecule has 2 aromatic rings. The number of nitrogens with one attached hydrogen (secondary N) is 1. The maximum Gasteiger partial charge on any atom is 0.411 e. The Morgan fingerprint density at radius 1 is 1.27 bits per heavy atom. The standard InChI is InChI=1S/C16H17NO4S/c1-2-20-16(19)17-13-4-3-5-14(10-13)21-15(18)7-6-12-8-9-22-11-12/h3-5,8-11H,2,6-7H2,1H3,(H,17,19). The number of carbonyl (C=O) groups excluding carboxylic acids is 2. The fourth-order valence-corrected chi connectivity index (χ4v) is 2.49. The molecule has 22 heavy (non-hydrogen) atoms. The summed E-state index contributed by atoms with van der Waals surface area (Å²) in [5.41, 5.74) is 1.64. The van der Waals surface area contributed by atoms with Crippen molar-refractivity contribution in [2.45, 2.75) is 19.8 Å². The van der Waals surface area contributed by atoms with Crippen LogP contribution in [0.15, 0.2) is 41.1 Å². The molecular weight excluding hydrogens is 302 g/mol. The van der Waals surface area contributed by atoms with Crippen LogP contribution in [-0.4, -0.2) is 18.7 Å². The monoisotopic (exact) mass is 319 g/mol. The average molecular weight is 319 g/mol. The molecule has 0 unspecified atom stereocenters. The van der Waals surface area contributed by atoms with Gasteiger partial charge in [-0.1, -0.05) is 6.07 Å². The van der Waals surface area contributed by atoms with E-state index in [1.165, 1.54) is 0 Å². The van der Waals surface area contributed by atoms with E-state index in [4.69, 9.17) is 9.47 Å². The van der Waals surface area contributed by atoms with E-state index in [9.17, 15) is 9.59 Å². The Balaban J connectivity index is 1.86. The zero-order valence-corrected chi connectivity index (χ0v) is 13.0. The number of anilines is 1. The van der Waals surface area contributed by atoms with E-state index in [0.29, 0.717) is 30.9 Å². The molecule has 1 aromatic heterocycles. The molecule has 6 heteroatoms. The van der Waals surface area contributed by atoms with Gasteiger partial charge in [-0.25, -0.2) is 4.79 Å². The van der Waals surface area contributed by atoms with Crippen LogP contribution < -0.4 is 10.1 Å². The van der Waals surface area contributed by atoms with Gasteiger partial charge >= 0.3 is 12.1 Å². The molecular formula is C16H17NO4S. The lowest BCUT2D eigenvalue weighted by atomic mass is 10.2. The highest BCUT2D eigenvalue weighted by Crippen LogP contribution is 2.18. The van der Waals surface area contributed by atoms with Gasteiger partial charge in [0.05, 0.1) is 13.0 Å². The minimum absolute atomic E-state index is 0.295. The quantitative estimate of drug-likeness (QED) is 0.649. The van der Waals surface area contributed by atoms with Gasteiger partial charge in [0, 0.05) is 11.8 Å². The van der Waals surface area contributed by atoms with Crippen LogP contribution in [0.4, 0.5) is 10.5 Å². The number of amides is 1. The Morgan fingerprint density at radius 2 is 2.14 bits per heavy atom. The lowest BCUT2D eigenvalue weighted by Gasteiger charge is -2.08. The van der Waals surface area contributed by atoms with Crippen molar-refractivity contribution >= 4 is 29.1 Å². The molecule has 0 aliphatic carbocycles. The third-order valence-electron chi connectivity index (χ3n) is 2.79. The maximum absolute atomic E-state index is 11.8. The summed E-state index contributed by atoms with van der Waals surface area (Å²) in [6, 6.07) is 8.63. The van der Waals surface area contributed by atoms with Crippen molar-refractivity contribution in [3.63, 3.8) is 0 Å². The summed E-state index contributed by atoms with van der Waals surface area (Å²) in [6.45, 7) is 2.02. The second kappa shape index (κ2) is 8.19. The number of thiophene rings is 1. The van der Waals surface area contributed by atoms with Crippen LogP contribution in [0.2, 0.25) is 0 Å². The molecule has 0 fully saturated rings. The van der Waals surface area contributed by atoms with E-state index in [1.807, 2.05) is 16.8 Å². The molecule has 1 N–H and O–H groups in total. The largest absolute Gasteiger partial charge is 0.450 e. The Kier molecular flexibility index (Phi) is 5.97. The van der Waals surface area contributed by atoms with E-state index < -0.39 is 6.09 Å². The third kappa shape index (κ3) is 5.21. The summed E-state index contributed by atoms with van der Waals surface area (Å²) >= 11 is 1.60. The van der Waals surface area contributed by atoms with Gasteiger partial charge in [-0.15, -0.1) is 0 Å². The molecule has 0 aliphatic heterocycles. The van der Waals surface area contributed by atoms with E-state index in [0.717, 1.165) is 5.56 Å². The van der Waals surface area contributed by atoms with Crippen molar-refractivity contribution in [1.29, 1.82) is 0 Å². The molecule has 0 atom stereocenters. The van der Waals surface area contributed by atoms with Gasteiger partial charge < -0.3 is 9.47 Å². The first-order valence-corrected chi connectivity index (χ1v) is 7.87. The van der Waals surface area contributed by atoms with Crippen molar-refractivity contribution < 1.29 is 19.1 Å². The molecule has 0 bridgehead atoms. The van der Waals surface area contributed by atoms with Gasteiger partial charge in [0.25, 0.3) is 0 Å². The minimum Gasteiger partial charge on any atom is -0.450 e. The SMILES string of the molecule is CCOC(=O)Nc1cccc(OC(=O)CCc2ccsc2)c1. The Hall–Kier alpha value is -2.34. The summed E-state index contributed by atoms with van der Waals surface area (Å²) in [5.74, 6) is 0.0871. The van der Waals surface area contributed by atoms with E-state index in [2.05, 4.69) is 5.32 Å². The van der Waals surface area contributed by atoms with E-state index in [-0.39, 0.29) is 5.97 Å². The molecule has 1 amide bonds. The van der Waals surface area contributed by atoms with E-state index in [1.54, 1.807) is 42.5 Å². The topological polar surface area (TPSA) is 64.6 Å². The summed E-state index contributed by atoms with van der Waals surface area (Å²) in [7, 11) is 0. The van der Waals surface area contributed by atoms with Gasteiger partial charge in [0.1, 0.15) is 5.75 Å². The van der Waals surface area contributed by atoms with Crippen molar-refractivity contribution in [3.05, 3.63) is 46.7 Å². The highest BCUT2D eigenvalue weighted by Gasteiger charge is 2.08. The minimum atomic E-state index is -0.538. The molecule has 5 nitrogen and oxygen atoms in total. The number of hydrogen-bond acceptors (Lipinski definition) is 5. The highest BCUT2D eigenvalue weighted by molar-refractivity contribution is 7.07. The van der Waals surface area contributed by atoms with Crippen molar-refractivity contribution in [2.75, 3.05) is 11.9 Å². The summed E-state index contributed by atoms with van der Waals surface area (Å²) in [5, 5.41) is 6.55. The number of carbonyl (C=O) groups is 2. The lowest BCUT2D eigenvalue weighted by Crippen LogP contribution is -2.13. The predicted molar refractivity (Wildman–Crippen MR) is 85.4 cm³/mol. The fourth-order valence-electron chi connectivity index (χ4n) is 1.79. The molecule has 0 saturated carbocycles. The van der Waals surface area contributed by atoms with Crippen LogP contribution in [0.25, 0.3) is 0 Å². The Bertz CT molecular complexity index is 625. The van der Waals surface area contributed by atoms with Gasteiger partial charge in [0.15, 0.2) is 0 Å². The first-order valence-electron chi connectivity index (χ1n) is 6.93. The maximum atomic E-state index is 11.8. The number of hydrogen-bond donors (Lipinski definition) is 1. The molecule has 0 saturated heterocycles. The predicted octanol–water partition coefficient (Wildman–Crippen LogP) is 3.85. The van der Waals surface area contributed by atoms with Crippen molar-refractivity contribution in [3.8, 4) is 5.75 Å². The second-order valence-corrected chi connectivity index (χ2v) is 5.26. The number of benzene rings is 1. The lowest BCUT2D eigenvalue weighted by molar-refractivity contribution is -0.134. The molecule has 0 radical (unpaired) electrons. The van der Waals surface area contributed by atoms with Gasteiger partial charge in [-0.05, 0) is 47.9 Å². The normalized spacial score (nSPS) is 10.0. The number of aryl methyl sites for hydroxylation is 1. The first-order chi connectivity index (χ1) is 10.7. The molecule has 0 spiro atoms. The molecule has 2 rings (SSSR count). The molecule has 0 aliphatic rings. The number of esters is 1. The summed E-state index contributed by atoms with van der Waals surface area (Å²) in [4.78, 5) is 23.2. The molecule has 116 valence electrons. The zero-order chi connectivity index (χ0) is 15.8. The van der Waals surface area contributed by atoms with Crippen molar-refractivity contribution in [1.82, 2.24) is 0 Å². The number of ether oxygens (including phenoxy) is 2. The summed E-state index contributed by atoms with van der Waals surface area (Å²) in [6.07, 6.45) is 0.429. The third-order valence-corrected chi connectivity index (χ3v) is 3.52. The van der Waals surface area contributed by atoms with Gasteiger partial charge in [0.2, 0.25) is 0 Å². The fraction of sp³-hybridized carbons (Fsp3) is 0.250. The van der Waals surface area contributed by atoms with Crippen LogP contribution in [0.1, 0.15) is 18.9 Å². The van der Waals surface area contributed by atoms with Gasteiger partial charge in [-0.2, -0.15) is 11.3 Å². The second-order valence-electron chi connectivity index (χ2n) is 4.48. The molecule has 1 aromatic carbocycles. The average Bonchev–Trinajstić information content (AvgIpc) is 2.99. The molecule has 1 heterocycles. The Labute approximate surface area is 132 Å². The van der Waals surface area contributed by atoms with Crippen molar-refractivity contribution in [2.24, 2.45) is 0 Å². The van der Waals surface area contributed by atoms with Gasteiger partial charge in [-0.3, -0.25) is 10.1 Å². The van der Waals surface area contributed by atoms with Crippen LogP contribution >= 0.6 is 11.3 Å². The Morgan fingerprint density at radius 3 is 2.86 bits per heavy atom. The number of rotatable bonds is 6. The van der Waals surface area contributed by atoms with Crippen LogP contribution in [0.5, 0.6) is 5.75 Å². The van der Waals surface area contributed by atoms with Crippen LogP contribution in [0, 0.1) is 0 Å². The van der Waals surface area contributed by atoms with E-state index >= 15 is 0 Å². The smallest absolute Gasteiger partial charge is 0.411 e. The van der Waals surface area contributed by atoms with Crippen LogP contribution in [0.3, 0.4) is 0 Å². The summed E-state index contributed by atoms with van der Waals surface area (Å²) < 4.78 is 10.1. The zero-order valence-electron chi connectivity index (χ0n) is 12.2. The van der Waals surface area contributed by atoms with Crippen LogP contribution in [-0.2, 0) is 16.0 Å².